The fourth-order valence-electron chi connectivity index (χ4n) is 3.40. The highest BCUT2D eigenvalue weighted by Crippen LogP contribution is 2.20. The first kappa shape index (κ1) is 23.2. The van der Waals surface area contributed by atoms with Crippen LogP contribution < -0.4 is 15.5 Å². The number of benzene rings is 1. The fourth-order valence-corrected chi connectivity index (χ4v) is 3.40. The molecular weight excluding hydrogens is 479 g/mol. The Morgan fingerprint density at radius 2 is 2.07 bits per heavy atom. The minimum Gasteiger partial charge on any atom is -0.357 e. The zero-order valence-corrected chi connectivity index (χ0v) is 19.5. The van der Waals surface area contributed by atoms with E-state index in [0.29, 0.717) is 13.0 Å². The van der Waals surface area contributed by atoms with Crippen LogP contribution in [0, 0.1) is 6.92 Å². The SMILES string of the molecule is CCNC(=NCCCCn1ccnc1C)NC1CC(=O)N(c2ccccc2)C1.I. The Bertz CT molecular complexity index is 791. The van der Waals surface area contributed by atoms with Crippen molar-refractivity contribution in [3.8, 4) is 0 Å². The first-order valence-corrected chi connectivity index (χ1v) is 10.1. The number of aromatic nitrogens is 2. The van der Waals surface area contributed by atoms with E-state index in [1.54, 1.807) is 0 Å². The van der Waals surface area contributed by atoms with E-state index in [1.807, 2.05) is 54.5 Å². The number of imidazole rings is 1. The molecule has 2 N–H and O–H groups in total. The second kappa shape index (κ2) is 11.8. The highest BCUT2D eigenvalue weighted by Gasteiger charge is 2.30. The molecule has 1 atom stereocenters. The molecular formula is C21H31IN6O. The highest BCUT2D eigenvalue weighted by molar-refractivity contribution is 14.0. The third kappa shape index (κ3) is 6.73. The Labute approximate surface area is 190 Å². The molecule has 1 aliphatic heterocycles. The molecule has 0 saturated carbocycles. The second-order valence-electron chi connectivity index (χ2n) is 7.02. The van der Waals surface area contributed by atoms with Crippen LogP contribution in [0.3, 0.4) is 0 Å². The molecule has 2 aromatic rings. The summed E-state index contributed by atoms with van der Waals surface area (Å²) in [6, 6.07) is 9.90. The molecule has 1 unspecified atom stereocenters. The number of carbonyl (C=O) groups excluding carboxylic acids is 1. The molecule has 1 amide bonds. The van der Waals surface area contributed by atoms with E-state index in [4.69, 9.17) is 0 Å². The summed E-state index contributed by atoms with van der Waals surface area (Å²) in [5.74, 6) is 1.98. The summed E-state index contributed by atoms with van der Waals surface area (Å²) in [5.41, 5.74) is 0.952. The first-order chi connectivity index (χ1) is 13.7. The van der Waals surface area contributed by atoms with Gasteiger partial charge in [0.1, 0.15) is 5.82 Å². The number of nitrogens with zero attached hydrogens (tertiary/aromatic N) is 4. The van der Waals surface area contributed by atoms with Crippen LogP contribution in [0.25, 0.3) is 0 Å². The number of para-hydroxylation sites is 1. The molecule has 29 heavy (non-hydrogen) atoms. The number of guanidine groups is 1. The smallest absolute Gasteiger partial charge is 0.229 e. The monoisotopic (exact) mass is 510 g/mol. The molecule has 0 radical (unpaired) electrons. The molecule has 7 nitrogen and oxygen atoms in total. The summed E-state index contributed by atoms with van der Waals surface area (Å²) >= 11 is 0. The molecule has 3 rings (SSSR count). The number of hydrogen-bond donors (Lipinski definition) is 2. The van der Waals surface area contributed by atoms with Crippen molar-refractivity contribution in [1.29, 1.82) is 0 Å². The van der Waals surface area contributed by atoms with Crippen LogP contribution in [0.4, 0.5) is 5.69 Å². The minimum absolute atomic E-state index is 0. The minimum atomic E-state index is 0. The number of aryl methyl sites for hydroxylation is 2. The van der Waals surface area contributed by atoms with Gasteiger partial charge in [-0.3, -0.25) is 9.79 Å². The zero-order chi connectivity index (χ0) is 19.8. The van der Waals surface area contributed by atoms with Crippen molar-refractivity contribution in [2.75, 3.05) is 24.5 Å². The van der Waals surface area contributed by atoms with Gasteiger partial charge >= 0.3 is 0 Å². The third-order valence-electron chi connectivity index (χ3n) is 4.88. The van der Waals surface area contributed by atoms with Crippen LogP contribution in [0.2, 0.25) is 0 Å². The van der Waals surface area contributed by atoms with E-state index in [1.165, 1.54) is 0 Å². The van der Waals surface area contributed by atoms with Gasteiger partial charge in [0.25, 0.3) is 0 Å². The van der Waals surface area contributed by atoms with Gasteiger partial charge in [0.15, 0.2) is 5.96 Å². The molecule has 1 fully saturated rings. The van der Waals surface area contributed by atoms with Crippen molar-refractivity contribution in [2.24, 2.45) is 4.99 Å². The van der Waals surface area contributed by atoms with E-state index < -0.39 is 0 Å². The van der Waals surface area contributed by atoms with Crippen molar-refractivity contribution >= 4 is 41.5 Å². The largest absolute Gasteiger partial charge is 0.357 e. The summed E-state index contributed by atoms with van der Waals surface area (Å²) in [5, 5.41) is 6.71. The summed E-state index contributed by atoms with van der Waals surface area (Å²) in [7, 11) is 0. The fraction of sp³-hybridized carbons (Fsp3) is 0.476. The van der Waals surface area contributed by atoms with Crippen LogP contribution >= 0.6 is 24.0 Å². The molecule has 1 aromatic heterocycles. The Morgan fingerprint density at radius 3 is 2.76 bits per heavy atom. The van der Waals surface area contributed by atoms with Gasteiger partial charge in [0.05, 0.1) is 6.04 Å². The Kier molecular flexibility index (Phi) is 9.43. The number of anilines is 1. The molecule has 1 aliphatic rings. The molecule has 1 aromatic carbocycles. The van der Waals surface area contributed by atoms with Gasteiger partial charge in [-0.15, -0.1) is 24.0 Å². The van der Waals surface area contributed by atoms with Gasteiger partial charge < -0.3 is 20.1 Å². The van der Waals surface area contributed by atoms with Crippen LogP contribution in [-0.4, -0.2) is 47.1 Å². The van der Waals surface area contributed by atoms with Crippen LogP contribution in [0.5, 0.6) is 0 Å². The van der Waals surface area contributed by atoms with Gasteiger partial charge in [-0.2, -0.15) is 0 Å². The molecule has 0 aliphatic carbocycles. The van der Waals surface area contributed by atoms with E-state index in [9.17, 15) is 4.79 Å². The number of nitrogens with one attached hydrogen (secondary N) is 2. The number of unbranched alkanes of at least 4 members (excludes halogenated alkanes) is 1. The molecule has 0 spiro atoms. The number of carbonyl (C=O) groups is 1. The zero-order valence-electron chi connectivity index (χ0n) is 17.2. The predicted octanol–water partition coefficient (Wildman–Crippen LogP) is 2.95. The quantitative estimate of drug-likeness (QED) is 0.248. The van der Waals surface area contributed by atoms with Crippen molar-refractivity contribution in [2.45, 2.75) is 45.7 Å². The number of aliphatic imine (C=N–C) groups is 1. The lowest BCUT2D eigenvalue weighted by molar-refractivity contribution is -0.117. The van der Waals surface area contributed by atoms with Crippen molar-refractivity contribution in [3.63, 3.8) is 0 Å². The number of halogens is 1. The predicted molar refractivity (Wildman–Crippen MR) is 128 cm³/mol. The van der Waals surface area contributed by atoms with Gasteiger partial charge in [0.2, 0.25) is 5.91 Å². The lowest BCUT2D eigenvalue weighted by Crippen LogP contribution is -2.44. The molecule has 158 valence electrons. The van der Waals surface area contributed by atoms with E-state index >= 15 is 0 Å². The number of rotatable bonds is 8. The summed E-state index contributed by atoms with van der Waals surface area (Å²) in [6.07, 6.45) is 6.40. The van der Waals surface area contributed by atoms with Crippen LogP contribution in [0.15, 0.2) is 47.7 Å². The molecule has 1 saturated heterocycles. The van der Waals surface area contributed by atoms with Crippen LogP contribution in [0.1, 0.15) is 32.0 Å². The average molecular weight is 510 g/mol. The van der Waals surface area contributed by atoms with E-state index in [0.717, 1.165) is 49.9 Å². The van der Waals surface area contributed by atoms with Crippen molar-refractivity contribution < 1.29 is 4.79 Å². The number of hydrogen-bond acceptors (Lipinski definition) is 3. The Balaban J connectivity index is 0.00000300. The van der Waals surface area contributed by atoms with Gasteiger partial charge in [-0.05, 0) is 38.8 Å². The van der Waals surface area contributed by atoms with Crippen LogP contribution in [-0.2, 0) is 11.3 Å². The normalized spacial score (nSPS) is 16.6. The summed E-state index contributed by atoms with van der Waals surface area (Å²) in [6.45, 7) is 7.25. The first-order valence-electron chi connectivity index (χ1n) is 10.1. The highest BCUT2D eigenvalue weighted by atomic mass is 127. The van der Waals surface area contributed by atoms with Crippen molar-refractivity contribution in [3.05, 3.63) is 48.5 Å². The van der Waals surface area contributed by atoms with Gasteiger partial charge in [-0.1, -0.05) is 18.2 Å². The summed E-state index contributed by atoms with van der Waals surface area (Å²) < 4.78 is 2.16. The van der Waals surface area contributed by atoms with E-state index in [-0.39, 0.29) is 35.9 Å². The summed E-state index contributed by atoms with van der Waals surface area (Å²) in [4.78, 5) is 23.1. The maximum absolute atomic E-state index is 12.4. The molecule has 0 bridgehead atoms. The van der Waals surface area contributed by atoms with Gasteiger partial charge in [-0.25, -0.2) is 4.98 Å². The lowest BCUT2D eigenvalue weighted by atomic mass is 10.2. The second-order valence-corrected chi connectivity index (χ2v) is 7.02. The molecule has 2 heterocycles. The lowest BCUT2D eigenvalue weighted by Gasteiger charge is -2.19. The number of amides is 1. The topological polar surface area (TPSA) is 74.5 Å². The average Bonchev–Trinajstić information content (AvgIpc) is 3.27. The van der Waals surface area contributed by atoms with E-state index in [2.05, 4.69) is 32.1 Å². The molecule has 8 heteroatoms. The Morgan fingerprint density at radius 1 is 1.28 bits per heavy atom. The maximum Gasteiger partial charge on any atom is 0.229 e. The Hall–Kier alpha value is -2.10. The van der Waals surface area contributed by atoms with Gasteiger partial charge in [0, 0.05) is 50.7 Å². The standard InChI is InChI=1S/C21H30N6O.HI/c1-3-22-21(24-11-7-8-13-26-14-12-23-17(26)2)25-18-15-20(28)27(16-18)19-9-5-4-6-10-19;/h4-6,9-10,12,14,18H,3,7-8,11,13,15-16H2,1-2H3,(H2,22,24,25);1H. The maximum atomic E-state index is 12.4. The van der Waals surface area contributed by atoms with Crippen molar-refractivity contribution in [1.82, 2.24) is 20.2 Å². The third-order valence-corrected chi connectivity index (χ3v) is 4.88.